The normalized spacial score (nSPS) is 12.1. The van der Waals surface area contributed by atoms with Crippen LogP contribution in [0.2, 0.25) is 0 Å². The molecule has 2 amide bonds. The van der Waals surface area contributed by atoms with E-state index in [1.54, 1.807) is 11.3 Å². The second kappa shape index (κ2) is 8.95. The molecule has 0 bridgehead atoms. The first-order valence-electron chi connectivity index (χ1n) is 9.19. The predicted molar refractivity (Wildman–Crippen MR) is 113 cm³/mol. The van der Waals surface area contributed by atoms with E-state index in [1.165, 1.54) is 4.70 Å². The summed E-state index contributed by atoms with van der Waals surface area (Å²) in [7, 11) is 0. The number of hydrogen-bond acceptors (Lipinski definition) is 5. The zero-order chi connectivity index (χ0) is 20.1. The molecule has 0 aliphatic rings. The van der Waals surface area contributed by atoms with Gasteiger partial charge in [-0.3, -0.25) is 9.59 Å². The Morgan fingerprint density at radius 2 is 1.82 bits per heavy atom. The second-order valence-corrected chi connectivity index (χ2v) is 8.10. The molecule has 1 atom stereocenters. The monoisotopic (exact) mass is 396 g/mol. The molecular weight excluding hydrogens is 372 g/mol. The van der Waals surface area contributed by atoms with Crippen molar-refractivity contribution in [3.63, 3.8) is 0 Å². The molecule has 2 aromatic carbocycles. The van der Waals surface area contributed by atoms with Crippen LogP contribution in [0.25, 0.3) is 10.2 Å². The summed E-state index contributed by atoms with van der Waals surface area (Å²) in [5.41, 5.74) is 8.57. The van der Waals surface area contributed by atoms with Crippen molar-refractivity contribution < 1.29 is 9.59 Å². The summed E-state index contributed by atoms with van der Waals surface area (Å²) in [6, 6.07) is 15.1. The molecule has 0 aliphatic heterocycles. The highest BCUT2D eigenvalue weighted by molar-refractivity contribution is 7.18. The van der Waals surface area contributed by atoms with E-state index < -0.39 is 6.04 Å². The molecule has 0 fully saturated rings. The maximum absolute atomic E-state index is 12.0. The van der Waals surface area contributed by atoms with Gasteiger partial charge in [0.15, 0.2) is 0 Å². The quantitative estimate of drug-likeness (QED) is 0.572. The fourth-order valence-electron chi connectivity index (χ4n) is 2.67. The molecule has 0 radical (unpaired) electrons. The highest BCUT2D eigenvalue weighted by atomic mass is 32.1. The van der Waals surface area contributed by atoms with Crippen LogP contribution in [-0.4, -0.2) is 29.4 Å². The van der Waals surface area contributed by atoms with Gasteiger partial charge in [-0.05, 0) is 35.7 Å². The van der Waals surface area contributed by atoms with E-state index in [9.17, 15) is 9.59 Å². The minimum atomic E-state index is -0.616. The molecule has 4 N–H and O–H groups in total. The maximum atomic E-state index is 12.0. The first kappa shape index (κ1) is 20.0. The summed E-state index contributed by atoms with van der Waals surface area (Å²) in [4.78, 5) is 28.5. The number of anilines is 1. The van der Waals surface area contributed by atoms with Gasteiger partial charge in [0.25, 0.3) is 0 Å². The van der Waals surface area contributed by atoms with E-state index in [-0.39, 0.29) is 24.3 Å². The Morgan fingerprint density at radius 3 is 2.50 bits per heavy atom. The molecule has 3 rings (SSSR count). The topological polar surface area (TPSA) is 97.1 Å². The van der Waals surface area contributed by atoms with Gasteiger partial charge in [-0.25, -0.2) is 4.98 Å². The molecule has 0 unspecified atom stereocenters. The van der Waals surface area contributed by atoms with E-state index in [0.29, 0.717) is 5.69 Å². The predicted octanol–water partition coefficient (Wildman–Crippen LogP) is 2.93. The lowest BCUT2D eigenvalue weighted by Crippen LogP contribution is -2.46. The van der Waals surface area contributed by atoms with Gasteiger partial charge in [-0.2, -0.15) is 0 Å². The van der Waals surface area contributed by atoms with Gasteiger partial charge in [0.2, 0.25) is 11.8 Å². The van der Waals surface area contributed by atoms with Crippen LogP contribution in [0.5, 0.6) is 0 Å². The lowest BCUT2D eigenvalue weighted by molar-refractivity contribution is -0.125. The average molecular weight is 397 g/mol. The largest absolute Gasteiger partial charge is 0.346 e. The van der Waals surface area contributed by atoms with Gasteiger partial charge in [-0.1, -0.05) is 38.1 Å². The molecule has 6 nitrogen and oxygen atoms in total. The second-order valence-electron chi connectivity index (χ2n) is 6.98. The Hall–Kier alpha value is -2.77. The number of nitrogens with one attached hydrogen (secondary N) is 2. The van der Waals surface area contributed by atoms with Crippen molar-refractivity contribution in [3.05, 3.63) is 59.1 Å². The summed E-state index contributed by atoms with van der Waals surface area (Å²) in [5.74, 6) is -0.592. The number of aromatic nitrogens is 1. The van der Waals surface area contributed by atoms with E-state index >= 15 is 0 Å². The Balaban J connectivity index is 1.52. The summed E-state index contributed by atoms with van der Waals surface area (Å²) < 4.78 is 1.18. The van der Waals surface area contributed by atoms with Crippen LogP contribution in [0.15, 0.2) is 48.5 Å². The van der Waals surface area contributed by atoms with Crippen LogP contribution >= 0.6 is 11.3 Å². The Kier molecular flexibility index (Phi) is 6.38. The number of thiazole rings is 1. The number of nitrogens with two attached hydrogens (primary N) is 1. The van der Waals surface area contributed by atoms with Crippen molar-refractivity contribution in [2.45, 2.75) is 26.3 Å². The molecule has 0 saturated heterocycles. The zero-order valence-corrected chi connectivity index (χ0v) is 16.8. The fourth-order valence-corrected chi connectivity index (χ4v) is 3.67. The lowest BCUT2D eigenvalue weighted by Gasteiger charge is -2.15. The van der Waals surface area contributed by atoms with E-state index in [4.69, 9.17) is 5.73 Å². The Labute approximate surface area is 168 Å². The number of fused-ring (bicyclic) bond motifs is 1. The molecule has 7 heteroatoms. The third-order valence-electron chi connectivity index (χ3n) is 4.38. The number of para-hydroxylation sites is 1. The summed E-state index contributed by atoms with van der Waals surface area (Å²) in [6.45, 7) is 3.62. The summed E-state index contributed by atoms with van der Waals surface area (Å²) in [6.07, 6.45) is 0.747. The third-order valence-corrected chi connectivity index (χ3v) is 5.41. The smallest absolute Gasteiger partial charge is 0.243 e. The van der Waals surface area contributed by atoms with Crippen molar-refractivity contribution in [3.8, 4) is 0 Å². The number of hydrogen-bond donors (Lipinski definition) is 3. The maximum Gasteiger partial charge on any atom is 0.243 e. The molecule has 1 heterocycles. The van der Waals surface area contributed by atoms with Crippen LogP contribution < -0.4 is 16.4 Å². The SMILES string of the molecule is CC(C)[C@H](N)C(=O)NCC(=O)Nc1ccc(Cc2nc3ccccc3s2)cc1. The number of rotatable bonds is 7. The highest BCUT2D eigenvalue weighted by Gasteiger charge is 2.17. The van der Waals surface area contributed by atoms with E-state index in [2.05, 4.69) is 21.7 Å². The number of carbonyl (C=O) groups excluding carboxylic acids is 2. The molecule has 0 spiro atoms. The number of carbonyl (C=O) groups is 2. The number of amides is 2. The standard InChI is InChI=1S/C21H24N4O2S/c1-13(2)20(22)21(27)23-12-18(26)24-15-9-7-14(8-10-15)11-19-25-16-5-3-4-6-17(16)28-19/h3-10,13,20H,11-12,22H2,1-2H3,(H,23,27)(H,24,26)/t20-/m0/s1. The van der Waals surface area contributed by atoms with Crippen molar-refractivity contribution in [2.75, 3.05) is 11.9 Å². The van der Waals surface area contributed by atoms with Crippen LogP contribution in [0.1, 0.15) is 24.4 Å². The van der Waals surface area contributed by atoms with Crippen LogP contribution in [0.4, 0.5) is 5.69 Å². The zero-order valence-electron chi connectivity index (χ0n) is 15.9. The molecule has 0 saturated carbocycles. The molecule has 1 aromatic heterocycles. The van der Waals surface area contributed by atoms with Crippen molar-refractivity contribution >= 4 is 39.1 Å². The first-order chi connectivity index (χ1) is 13.4. The minimum absolute atomic E-state index is 0.0195. The molecular formula is C21H24N4O2S. The van der Waals surface area contributed by atoms with Gasteiger partial charge in [-0.15, -0.1) is 11.3 Å². The van der Waals surface area contributed by atoms with Gasteiger partial charge < -0.3 is 16.4 Å². The molecule has 28 heavy (non-hydrogen) atoms. The molecule has 146 valence electrons. The molecule has 3 aromatic rings. The Morgan fingerprint density at radius 1 is 1.11 bits per heavy atom. The van der Waals surface area contributed by atoms with Gasteiger partial charge in [0.05, 0.1) is 27.8 Å². The van der Waals surface area contributed by atoms with Gasteiger partial charge in [0.1, 0.15) is 0 Å². The summed E-state index contributed by atoms with van der Waals surface area (Å²) in [5, 5.41) is 6.39. The van der Waals surface area contributed by atoms with E-state index in [0.717, 1.165) is 22.5 Å². The van der Waals surface area contributed by atoms with Crippen molar-refractivity contribution in [1.29, 1.82) is 0 Å². The van der Waals surface area contributed by atoms with Crippen molar-refractivity contribution in [2.24, 2.45) is 11.7 Å². The van der Waals surface area contributed by atoms with Crippen LogP contribution in [0.3, 0.4) is 0 Å². The van der Waals surface area contributed by atoms with Crippen molar-refractivity contribution in [1.82, 2.24) is 10.3 Å². The highest BCUT2D eigenvalue weighted by Crippen LogP contribution is 2.24. The Bertz CT molecular complexity index is 933. The first-order valence-corrected chi connectivity index (χ1v) is 10.0. The lowest BCUT2D eigenvalue weighted by atomic mass is 10.1. The fraction of sp³-hybridized carbons (Fsp3) is 0.286. The van der Waals surface area contributed by atoms with Crippen LogP contribution in [0, 0.1) is 5.92 Å². The third kappa shape index (κ3) is 5.15. The van der Waals surface area contributed by atoms with E-state index in [1.807, 2.05) is 56.3 Å². The number of benzene rings is 2. The van der Waals surface area contributed by atoms with Gasteiger partial charge >= 0.3 is 0 Å². The number of nitrogens with zero attached hydrogens (tertiary/aromatic N) is 1. The molecule has 0 aliphatic carbocycles. The average Bonchev–Trinajstić information content (AvgIpc) is 3.09. The minimum Gasteiger partial charge on any atom is -0.346 e. The summed E-state index contributed by atoms with van der Waals surface area (Å²) >= 11 is 1.69. The van der Waals surface area contributed by atoms with Gasteiger partial charge in [0, 0.05) is 12.1 Å². The van der Waals surface area contributed by atoms with Crippen LogP contribution in [-0.2, 0) is 16.0 Å².